The molecule has 0 spiro atoms. The summed E-state index contributed by atoms with van der Waals surface area (Å²) in [5, 5.41) is 5.07. The van der Waals surface area contributed by atoms with Gasteiger partial charge in [0.1, 0.15) is 5.69 Å². The van der Waals surface area contributed by atoms with Crippen molar-refractivity contribution in [3.63, 3.8) is 0 Å². The molecule has 2 aromatic heterocycles. The topological polar surface area (TPSA) is 54.3 Å². The first kappa shape index (κ1) is 19.5. The predicted octanol–water partition coefficient (Wildman–Crippen LogP) is 3.98. The van der Waals surface area contributed by atoms with Gasteiger partial charge in [-0.1, -0.05) is 23.5 Å². The van der Waals surface area contributed by atoms with Crippen LogP contribution >= 0.6 is 11.3 Å². The first-order valence-corrected chi connectivity index (χ1v) is 10.1. The van der Waals surface area contributed by atoms with E-state index in [2.05, 4.69) is 29.1 Å². The summed E-state index contributed by atoms with van der Waals surface area (Å²) >= 11 is 1.57. The minimum atomic E-state index is -0.0448. The lowest BCUT2D eigenvalue weighted by Crippen LogP contribution is -2.35. The molecule has 1 amide bonds. The van der Waals surface area contributed by atoms with Gasteiger partial charge in [0.05, 0.1) is 10.2 Å². The number of hydrogen-bond donors (Lipinski definition) is 0. The molecule has 0 unspecified atom stereocenters. The van der Waals surface area contributed by atoms with Crippen LogP contribution in [-0.4, -0.2) is 52.8 Å². The number of carbonyl (C=O) groups is 1. The number of anilines is 1. The van der Waals surface area contributed by atoms with E-state index in [9.17, 15) is 4.79 Å². The summed E-state index contributed by atoms with van der Waals surface area (Å²) in [5.41, 5.74) is 2.70. The molecule has 0 saturated carbocycles. The summed E-state index contributed by atoms with van der Waals surface area (Å²) in [4.78, 5) is 22.1. The molecule has 1 aromatic carbocycles. The van der Waals surface area contributed by atoms with Crippen LogP contribution in [0.5, 0.6) is 0 Å². The molecule has 0 aliphatic rings. The molecule has 27 heavy (non-hydrogen) atoms. The van der Waals surface area contributed by atoms with Crippen molar-refractivity contribution >= 4 is 32.6 Å². The first-order chi connectivity index (χ1) is 12.9. The Kier molecular flexibility index (Phi) is 5.92. The lowest BCUT2D eigenvalue weighted by molar-refractivity contribution is 0.0974. The van der Waals surface area contributed by atoms with Gasteiger partial charge in [0.15, 0.2) is 5.13 Å². The van der Waals surface area contributed by atoms with Gasteiger partial charge >= 0.3 is 0 Å². The van der Waals surface area contributed by atoms with E-state index < -0.39 is 0 Å². The molecular weight excluding hydrogens is 358 g/mol. The number of aryl methyl sites for hydroxylation is 1. The number of benzene rings is 1. The molecule has 6 nitrogen and oxygen atoms in total. The van der Waals surface area contributed by atoms with Crippen LogP contribution in [0.2, 0.25) is 0 Å². The average Bonchev–Trinajstić information content (AvgIpc) is 3.25. The van der Waals surface area contributed by atoms with Crippen molar-refractivity contribution in [2.24, 2.45) is 0 Å². The lowest BCUT2D eigenvalue weighted by Gasteiger charge is -2.22. The lowest BCUT2D eigenvalue weighted by atomic mass is 10.2. The second kappa shape index (κ2) is 8.19. The fourth-order valence-corrected chi connectivity index (χ4v) is 4.12. The molecule has 0 aliphatic heterocycles. The van der Waals surface area contributed by atoms with Gasteiger partial charge in [-0.05, 0) is 65.5 Å². The average molecular weight is 386 g/mol. The van der Waals surface area contributed by atoms with E-state index in [1.54, 1.807) is 28.3 Å². The summed E-state index contributed by atoms with van der Waals surface area (Å²) in [6, 6.07) is 8.06. The second-order valence-electron chi connectivity index (χ2n) is 7.29. The van der Waals surface area contributed by atoms with Crippen LogP contribution in [-0.2, 0) is 0 Å². The normalized spacial score (nSPS) is 11.7. The highest BCUT2D eigenvalue weighted by Gasteiger charge is 2.25. The SMILES string of the molecule is Cc1cccc2sc(N(CCCN(C)C)C(=O)c3ccnn3C(C)C)nc12. The second-order valence-corrected chi connectivity index (χ2v) is 8.30. The van der Waals surface area contributed by atoms with Gasteiger partial charge in [0, 0.05) is 18.8 Å². The minimum Gasteiger partial charge on any atom is -0.309 e. The summed E-state index contributed by atoms with van der Waals surface area (Å²) in [6.45, 7) is 7.65. The number of para-hydroxylation sites is 1. The largest absolute Gasteiger partial charge is 0.309 e. The molecule has 2 heterocycles. The van der Waals surface area contributed by atoms with E-state index in [4.69, 9.17) is 4.98 Å². The van der Waals surface area contributed by atoms with E-state index in [1.165, 1.54) is 0 Å². The molecule has 0 fully saturated rings. The maximum atomic E-state index is 13.4. The monoisotopic (exact) mass is 385 g/mol. The highest BCUT2D eigenvalue weighted by atomic mass is 32.1. The number of aromatic nitrogens is 3. The van der Waals surface area contributed by atoms with Gasteiger partial charge in [0.2, 0.25) is 0 Å². The Bertz CT molecular complexity index is 927. The maximum Gasteiger partial charge on any atom is 0.278 e. The van der Waals surface area contributed by atoms with Gasteiger partial charge in [-0.3, -0.25) is 14.4 Å². The van der Waals surface area contributed by atoms with E-state index >= 15 is 0 Å². The number of rotatable bonds is 7. The third kappa shape index (κ3) is 4.20. The Morgan fingerprint density at radius 2 is 2.00 bits per heavy atom. The van der Waals surface area contributed by atoms with Crippen LogP contribution in [0, 0.1) is 6.92 Å². The zero-order valence-electron chi connectivity index (χ0n) is 16.6. The Morgan fingerprint density at radius 1 is 1.22 bits per heavy atom. The quantitative estimate of drug-likeness (QED) is 0.617. The number of carbonyl (C=O) groups excluding carboxylic acids is 1. The smallest absolute Gasteiger partial charge is 0.278 e. The van der Waals surface area contributed by atoms with E-state index in [1.807, 2.05) is 38.9 Å². The molecule has 0 bridgehead atoms. The van der Waals surface area contributed by atoms with E-state index in [-0.39, 0.29) is 11.9 Å². The zero-order chi connectivity index (χ0) is 19.6. The molecule has 0 aliphatic carbocycles. The van der Waals surface area contributed by atoms with Gasteiger partial charge in [-0.15, -0.1) is 0 Å². The van der Waals surface area contributed by atoms with Crippen LogP contribution in [0.3, 0.4) is 0 Å². The first-order valence-electron chi connectivity index (χ1n) is 9.24. The zero-order valence-corrected chi connectivity index (χ0v) is 17.5. The van der Waals surface area contributed by atoms with Gasteiger partial charge in [0.25, 0.3) is 5.91 Å². The van der Waals surface area contributed by atoms with Crippen LogP contribution < -0.4 is 4.90 Å². The molecule has 0 saturated heterocycles. The van der Waals surface area contributed by atoms with E-state index in [0.29, 0.717) is 12.2 Å². The van der Waals surface area contributed by atoms with Crippen LogP contribution in [0.25, 0.3) is 10.2 Å². The fraction of sp³-hybridized carbons (Fsp3) is 0.450. The summed E-state index contributed by atoms with van der Waals surface area (Å²) < 4.78 is 2.88. The number of hydrogen-bond acceptors (Lipinski definition) is 5. The van der Waals surface area contributed by atoms with Gasteiger partial charge < -0.3 is 4.90 Å². The molecule has 0 atom stereocenters. The molecule has 0 radical (unpaired) electrons. The summed E-state index contributed by atoms with van der Waals surface area (Å²) in [5.74, 6) is -0.0448. The Labute approximate surface area is 164 Å². The number of thiazole rings is 1. The molecule has 0 N–H and O–H groups in total. The van der Waals surface area contributed by atoms with Gasteiger partial charge in [-0.25, -0.2) is 4.98 Å². The number of nitrogens with zero attached hydrogens (tertiary/aromatic N) is 5. The highest BCUT2D eigenvalue weighted by Crippen LogP contribution is 2.31. The van der Waals surface area contributed by atoms with Crippen LogP contribution in [0.1, 0.15) is 42.4 Å². The Hall–Kier alpha value is -2.25. The minimum absolute atomic E-state index is 0.0448. The number of amides is 1. The van der Waals surface area contributed by atoms with Crippen molar-refractivity contribution in [3.05, 3.63) is 41.7 Å². The van der Waals surface area contributed by atoms with Crippen LogP contribution in [0.4, 0.5) is 5.13 Å². The summed E-state index contributed by atoms with van der Waals surface area (Å²) in [7, 11) is 4.09. The third-order valence-corrected chi connectivity index (χ3v) is 5.49. The molecule has 144 valence electrons. The Morgan fingerprint density at radius 3 is 2.67 bits per heavy atom. The third-order valence-electron chi connectivity index (χ3n) is 4.45. The fourth-order valence-electron chi connectivity index (χ4n) is 3.05. The highest BCUT2D eigenvalue weighted by molar-refractivity contribution is 7.22. The molecule has 3 rings (SSSR count). The van der Waals surface area contributed by atoms with Crippen molar-refractivity contribution in [2.75, 3.05) is 32.1 Å². The van der Waals surface area contributed by atoms with Crippen molar-refractivity contribution in [2.45, 2.75) is 33.2 Å². The van der Waals surface area contributed by atoms with Crippen molar-refractivity contribution in [1.29, 1.82) is 0 Å². The summed E-state index contributed by atoms with van der Waals surface area (Å²) in [6.07, 6.45) is 2.57. The molecule has 3 aromatic rings. The molecular formula is C20H27N5OS. The molecule has 7 heteroatoms. The van der Waals surface area contributed by atoms with Gasteiger partial charge in [-0.2, -0.15) is 5.10 Å². The van der Waals surface area contributed by atoms with Crippen molar-refractivity contribution in [3.8, 4) is 0 Å². The van der Waals surface area contributed by atoms with E-state index in [0.717, 1.165) is 33.9 Å². The Balaban J connectivity index is 1.97. The maximum absolute atomic E-state index is 13.4. The van der Waals surface area contributed by atoms with Crippen molar-refractivity contribution in [1.82, 2.24) is 19.7 Å². The standard InChI is InChI=1S/C20H27N5OS/c1-14(2)25-16(10-11-21-25)19(26)24(13-7-12-23(4)5)20-22-18-15(3)8-6-9-17(18)27-20/h6,8-11,14H,7,12-13H2,1-5H3. The van der Waals surface area contributed by atoms with Crippen LogP contribution in [0.15, 0.2) is 30.5 Å². The number of fused-ring (bicyclic) bond motifs is 1. The predicted molar refractivity (Wildman–Crippen MR) is 112 cm³/mol. The van der Waals surface area contributed by atoms with Crippen molar-refractivity contribution < 1.29 is 4.79 Å².